The normalized spacial score (nSPS) is 12.8. The summed E-state index contributed by atoms with van der Waals surface area (Å²) in [5.74, 6) is 2.86. The topological polar surface area (TPSA) is 77.9 Å². The Kier molecular flexibility index (Phi) is 12.7. The average molecular weight is 651 g/mol. The summed E-state index contributed by atoms with van der Waals surface area (Å²) >= 11 is 0. The van der Waals surface area contributed by atoms with Crippen LogP contribution in [-0.4, -0.2) is 48.4 Å². The summed E-state index contributed by atoms with van der Waals surface area (Å²) < 4.78 is 19.6. The number of fused-ring (bicyclic) bond motifs is 1. The first-order valence-corrected chi connectivity index (χ1v) is 17.4. The highest BCUT2D eigenvalue weighted by molar-refractivity contribution is 6.07. The van der Waals surface area contributed by atoms with Gasteiger partial charge in [0.05, 0.1) is 6.61 Å². The van der Waals surface area contributed by atoms with Gasteiger partial charge in [0.1, 0.15) is 30.5 Å². The van der Waals surface area contributed by atoms with Crippen molar-refractivity contribution in [2.75, 3.05) is 43.1 Å². The molecule has 1 aliphatic heterocycles. The molecule has 0 radical (unpaired) electrons. The lowest BCUT2D eigenvalue weighted by molar-refractivity contribution is -0.112. The Morgan fingerprint density at radius 3 is 2.40 bits per heavy atom. The Labute approximate surface area is 285 Å². The van der Waals surface area contributed by atoms with E-state index < -0.39 is 0 Å². The minimum absolute atomic E-state index is 0.0896. The molecule has 8 heteroatoms. The summed E-state index contributed by atoms with van der Waals surface area (Å²) in [6, 6.07) is 22.3. The quantitative estimate of drug-likeness (QED) is 0.115. The number of benzene rings is 3. The molecular formula is C40H50N4O4. The number of amides is 1. The van der Waals surface area contributed by atoms with Gasteiger partial charge < -0.3 is 29.0 Å². The third-order valence-electron chi connectivity index (χ3n) is 8.30. The molecule has 5 rings (SSSR count). The van der Waals surface area contributed by atoms with Crippen molar-refractivity contribution in [2.24, 2.45) is 5.92 Å². The maximum atomic E-state index is 13.6. The van der Waals surface area contributed by atoms with Crippen LogP contribution in [0.15, 0.2) is 84.7 Å². The minimum atomic E-state index is -0.0896. The number of anilines is 2. The summed E-state index contributed by atoms with van der Waals surface area (Å²) in [4.78, 5) is 20.4. The molecule has 1 N–H and O–H groups in total. The second kappa shape index (κ2) is 17.6. The Bertz CT molecular complexity index is 1630. The van der Waals surface area contributed by atoms with Crippen LogP contribution in [0.4, 0.5) is 11.4 Å². The largest absolute Gasteiger partial charge is 0.491 e. The third kappa shape index (κ3) is 9.73. The second-order valence-electron chi connectivity index (χ2n) is 12.7. The number of hydrogen-bond acceptors (Lipinski definition) is 6. The van der Waals surface area contributed by atoms with Crippen molar-refractivity contribution in [3.63, 3.8) is 0 Å². The van der Waals surface area contributed by atoms with Crippen molar-refractivity contribution >= 4 is 23.4 Å². The number of rotatable bonds is 17. The van der Waals surface area contributed by atoms with Crippen LogP contribution >= 0.6 is 0 Å². The van der Waals surface area contributed by atoms with E-state index in [-0.39, 0.29) is 5.91 Å². The standard InChI is InChI=1S/C40H50N4O4/c1-5-7-23-46-24-25-47-36-13-8-31(9-14-36)32-10-17-38-34(26-32)27-33(18-21-44(38)28-30(3)4)40(45)42-35-11-15-37(16-12-35)48-29-39-41-19-22-43(39)20-6-2/h8-17,19,22,26-27,30H,5-7,18,20-21,23-25,28-29H2,1-4H3,(H,42,45). The summed E-state index contributed by atoms with van der Waals surface area (Å²) in [5, 5.41) is 3.11. The Hall–Kier alpha value is -4.56. The van der Waals surface area contributed by atoms with E-state index in [1.165, 1.54) is 0 Å². The van der Waals surface area contributed by atoms with Gasteiger partial charge in [0, 0.05) is 55.6 Å². The predicted molar refractivity (Wildman–Crippen MR) is 195 cm³/mol. The highest BCUT2D eigenvalue weighted by atomic mass is 16.5. The minimum Gasteiger partial charge on any atom is -0.491 e. The number of aryl methyl sites for hydroxylation is 1. The van der Waals surface area contributed by atoms with E-state index in [4.69, 9.17) is 14.2 Å². The van der Waals surface area contributed by atoms with Crippen molar-refractivity contribution in [2.45, 2.75) is 66.5 Å². The fourth-order valence-electron chi connectivity index (χ4n) is 5.81. The van der Waals surface area contributed by atoms with Crippen LogP contribution in [0, 0.1) is 5.92 Å². The monoisotopic (exact) mass is 650 g/mol. The molecule has 1 aliphatic rings. The van der Waals surface area contributed by atoms with Crippen LogP contribution in [-0.2, 0) is 22.7 Å². The first kappa shape index (κ1) is 34.8. The van der Waals surface area contributed by atoms with Crippen LogP contribution in [0.2, 0.25) is 0 Å². The number of unbranched alkanes of at least 4 members (excludes halogenated alkanes) is 1. The SMILES string of the molecule is CCCCOCCOc1ccc(-c2ccc3c(c2)C=C(C(=O)Nc2ccc(OCc4nccn4CCC)cc2)CCN3CC(C)C)cc1. The molecular weight excluding hydrogens is 600 g/mol. The zero-order valence-corrected chi connectivity index (χ0v) is 28.9. The lowest BCUT2D eigenvalue weighted by Crippen LogP contribution is -2.29. The van der Waals surface area contributed by atoms with Crippen LogP contribution in [0.3, 0.4) is 0 Å². The molecule has 0 aliphatic carbocycles. The molecule has 1 aromatic heterocycles. The Morgan fingerprint density at radius 1 is 0.896 bits per heavy atom. The maximum absolute atomic E-state index is 13.6. The van der Waals surface area contributed by atoms with Crippen molar-refractivity contribution in [3.05, 3.63) is 96.1 Å². The molecule has 0 saturated heterocycles. The molecule has 0 fully saturated rings. The van der Waals surface area contributed by atoms with Crippen LogP contribution in [0.5, 0.6) is 11.5 Å². The fraction of sp³-hybridized carbons (Fsp3) is 0.400. The van der Waals surface area contributed by atoms with Gasteiger partial charge in [0.15, 0.2) is 0 Å². The third-order valence-corrected chi connectivity index (χ3v) is 8.30. The van der Waals surface area contributed by atoms with E-state index in [2.05, 4.69) is 83.9 Å². The van der Waals surface area contributed by atoms with Crippen molar-refractivity contribution in [1.82, 2.24) is 9.55 Å². The van der Waals surface area contributed by atoms with Gasteiger partial charge in [-0.25, -0.2) is 4.98 Å². The van der Waals surface area contributed by atoms with Crippen LogP contribution < -0.4 is 19.7 Å². The summed E-state index contributed by atoms with van der Waals surface area (Å²) in [7, 11) is 0. The van der Waals surface area contributed by atoms with Crippen LogP contribution in [0.25, 0.3) is 17.2 Å². The number of imidazole rings is 1. The van der Waals surface area contributed by atoms with Gasteiger partial charge in [0.2, 0.25) is 0 Å². The van der Waals surface area contributed by atoms with Gasteiger partial charge in [-0.2, -0.15) is 0 Å². The molecule has 8 nitrogen and oxygen atoms in total. The molecule has 48 heavy (non-hydrogen) atoms. The molecule has 0 spiro atoms. The molecule has 254 valence electrons. The number of carbonyl (C=O) groups is 1. The van der Waals surface area contributed by atoms with Gasteiger partial charge >= 0.3 is 0 Å². The van der Waals surface area contributed by atoms with Gasteiger partial charge in [-0.15, -0.1) is 0 Å². The molecule has 2 heterocycles. The van der Waals surface area contributed by atoms with Gasteiger partial charge in [-0.05, 0) is 96.5 Å². The van der Waals surface area contributed by atoms with Crippen molar-refractivity contribution < 1.29 is 19.0 Å². The fourth-order valence-corrected chi connectivity index (χ4v) is 5.81. The number of carbonyl (C=O) groups excluding carboxylic acids is 1. The molecule has 0 saturated carbocycles. The van der Waals surface area contributed by atoms with E-state index in [0.29, 0.717) is 32.2 Å². The summed E-state index contributed by atoms with van der Waals surface area (Å²) in [6.07, 6.45) is 9.73. The summed E-state index contributed by atoms with van der Waals surface area (Å²) in [6.45, 7) is 13.7. The lowest BCUT2D eigenvalue weighted by atomic mass is 10.00. The molecule has 1 amide bonds. The first-order chi connectivity index (χ1) is 23.4. The number of hydrogen-bond donors (Lipinski definition) is 1. The maximum Gasteiger partial charge on any atom is 0.251 e. The smallest absolute Gasteiger partial charge is 0.251 e. The van der Waals surface area contributed by atoms with E-state index in [1.54, 1.807) is 6.20 Å². The second-order valence-corrected chi connectivity index (χ2v) is 12.7. The zero-order chi connectivity index (χ0) is 33.7. The highest BCUT2D eigenvalue weighted by Crippen LogP contribution is 2.34. The molecule has 4 aromatic rings. The average Bonchev–Trinajstić information content (AvgIpc) is 3.46. The lowest BCUT2D eigenvalue weighted by Gasteiger charge is -2.27. The predicted octanol–water partition coefficient (Wildman–Crippen LogP) is 8.62. The zero-order valence-electron chi connectivity index (χ0n) is 28.9. The van der Waals surface area contributed by atoms with Gasteiger partial charge in [-0.1, -0.05) is 52.3 Å². The van der Waals surface area contributed by atoms with Gasteiger partial charge in [-0.3, -0.25) is 4.79 Å². The Morgan fingerprint density at radius 2 is 1.65 bits per heavy atom. The molecule has 0 unspecified atom stereocenters. The van der Waals surface area contributed by atoms with Crippen LogP contribution in [0.1, 0.15) is 64.8 Å². The first-order valence-electron chi connectivity index (χ1n) is 17.4. The molecule has 3 aromatic carbocycles. The van der Waals surface area contributed by atoms with E-state index in [1.807, 2.05) is 42.6 Å². The number of nitrogens with one attached hydrogen (secondary N) is 1. The van der Waals surface area contributed by atoms with E-state index in [0.717, 1.165) is 96.5 Å². The number of ether oxygens (including phenoxy) is 3. The Balaban J connectivity index is 1.26. The van der Waals surface area contributed by atoms with Crippen molar-refractivity contribution in [3.8, 4) is 22.6 Å². The molecule has 0 bridgehead atoms. The van der Waals surface area contributed by atoms with E-state index >= 15 is 0 Å². The van der Waals surface area contributed by atoms with Crippen molar-refractivity contribution in [1.29, 1.82) is 0 Å². The highest BCUT2D eigenvalue weighted by Gasteiger charge is 2.21. The number of nitrogens with zero attached hydrogens (tertiary/aromatic N) is 3. The van der Waals surface area contributed by atoms with Gasteiger partial charge in [0.25, 0.3) is 5.91 Å². The summed E-state index contributed by atoms with van der Waals surface area (Å²) in [5.41, 5.74) is 5.88. The molecule has 0 atom stereocenters. The van der Waals surface area contributed by atoms with E-state index in [9.17, 15) is 4.79 Å². The number of aromatic nitrogens is 2.